The van der Waals surface area contributed by atoms with Gasteiger partial charge in [0.15, 0.2) is 0 Å². The van der Waals surface area contributed by atoms with Crippen LogP contribution in [0.4, 0.5) is 0 Å². The van der Waals surface area contributed by atoms with Gasteiger partial charge in [-0.15, -0.1) is 0 Å². The summed E-state index contributed by atoms with van der Waals surface area (Å²) in [5.74, 6) is 0.655. The number of rotatable bonds is 5. The zero-order valence-corrected chi connectivity index (χ0v) is 13.2. The van der Waals surface area contributed by atoms with Gasteiger partial charge in [-0.2, -0.15) is 0 Å². The first-order valence-corrected chi connectivity index (χ1v) is 7.58. The van der Waals surface area contributed by atoms with Gasteiger partial charge >= 0.3 is 0 Å². The number of likely N-dealkylation sites (tertiary alicyclic amines) is 1. The van der Waals surface area contributed by atoms with E-state index in [1.54, 1.807) is 0 Å². The van der Waals surface area contributed by atoms with Crippen LogP contribution in [0.5, 0.6) is 0 Å². The van der Waals surface area contributed by atoms with Crippen LogP contribution in [0.3, 0.4) is 0 Å². The van der Waals surface area contributed by atoms with Gasteiger partial charge in [0.25, 0.3) is 5.91 Å². The molecule has 1 aromatic heterocycles. The number of amides is 1. The lowest BCUT2D eigenvalue weighted by molar-refractivity contribution is 0.0765. The van der Waals surface area contributed by atoms with Crippen molar-refractivity contribution >= 4 is 5.91 Å². The summed E-state index contributed by atoms with van der Waals surface area (Å²) in [6.07, 6.45) is 4.60. The number of aryl methyl sites for hydroxylation is 1. The molecule has 1 amide bonds. The second-order valence-electron chi connectivity index (χ2n) is 6.22. The molecule has 0 N–H and O–H groups in total. The van der Waals surface area contributed by atoms with Gasteiger partial charge in [-0.25, -0.2) is 0 Å². The summed E-state index contributed by atoms with van der Waals surface area (Å²) < 4.78 is 1.99. The lowest BCUT2D eigenvalue weighted by Gasteiger charge is -2.25. The summed E-state index contributed by atoms with van der Waals surface area (Å²) in [4.78, 5) is 16.8. The van der Waals surface area contributed by atoms with Crippen LogP contribution in [0, 0.1) is 12.8 Å². The highest BCUT2D eigenvalue weighted by Gasteiger charge is 2.20. The average Bonchev–Trinajstić information content (AvgIpc) is 3.00. The molecule has 20 heavy (non-hydrogen) atoms. The first-order chi connectivity index (χ1) is 9.49. The molecule has 1 unspecified atom stereocenters. The van der Waals surface area contributed by atoms with Crippen LogP contribution in [0.25, 0.3) is 0 Å². The summed E-state index contributed by atoms with van der Waals surface area (Å²) in [7, 11) is 3.89. The van der Waals surface area contributed by atoms with E-state index in [0.29, 0.717) is 5.92 Å². The van der Waals surface area contributed by atoms with Gasteiger partial charge in [-0.1, -0.05) is 6.92 Å². The quantitative estimate of drug-likeness (QED) is 0.825. The third-order valence-corrected chi connectivity index (χ3v) is 4.31. The van der Waals surface area contributed by atoms with Gasteiger partial charge in [0.1, 0.15) is 0 Å². The molecule has 0 aromatic carbocycles. The van der Waals surface area contributed by atoms with Gasteiger partial charge < -0.3 is 14.4 Å². The van der Waals surface area contributed by atoms with Crippen LogP contribution in [0.1, 0.15) is 35.8 Å². The van der Waals surface area contributed by atoms with Crippen molar-refractivity contribution in [1.82, 2.24) is 14.4 Å². The fourth-order valence-electron chi connectivity index (χ4n) is 3.05. The third-order valence-electron chi connectivity index (χ3n) is 4.31. The third kappa shape index (κ3) is 3.42. The SMILES string of the molecule is Cc1c(C(=O)N(C)CC(C)CN2CCCC2)ccn1C. The molecule has 0 radical (unpaired) electrons. The number of hydrogen-bond donors (Lipinski definition) is 0. The Kier molecular flexibility index (Phi) is 4.86. The van der Waals surface area contributed by atoms with E-state index in [1.807, 2.05) is 42.7 Å². The molecule has 1 fully saturated rings. The van der Waals surface area contributed by atoms with Crippen molar-refractivity contribution in [2.45, 2.75) is 26.7 Å². The molecule has 112 valence electrons. The van der Waals surface area contributed by atoms with E-state index in [0.717, 1.165) is 24.3 Å². The van der Waals surface area contributed by atoms with Crippen LogP contribution in [-0.2, 0) is 7.05 Å². The Labute approximate surface area is 122 Å². The molecule has 2 rings (SSSR count). The zero-order valence-electron chi connectivity index (χ0n) is 13.2. The molecule has 1 aliphatic heterocycles. The molecule has 1 aliphatic rings. The van der Waals surface area contributed by atoms with Crippen molar-refractivity contribution in [3.63, 3.8) is 0 Å². The number of hydrogen-bond acceptors (Lipinski definition) is 2. The summed E-state index contributed by atoms with van der Waals surface area (Å²) >= 11 is 0. The van der Waals surface area contributed by atoms with Crippen LogP contribution >= 0.6 is 0 Å². The first-order valence-electron chi connectivity index (χ1n) is 7.58. The van der Waals surface area contributed by atoms with E-state index >= 15 is 0 Å². The monoisotopic (exact) mass is 277 g/mol. The maximum Gasteiger partial charge on any atom is 0.255 e. The number of carbonyl (C=O) groups excluding carboxylic acids is 1. The van der Waals surface area contributed by atoms with Crippen molar-refractivity contribution in [2.24, 2.45) is 13.0 Å². The highest BCUT2D eigenvalue weighted by atomic mass is 16.2. The van der Waals surface area contributed by atoms with E-state index in [9.17, 15) is 4.79 Å². The predicted molar refractivity (Wildman–Crippen MR) is 81.9 cm³/mol. The van der Waals surface area contributed by atoms with Crippen molar-refractivity contribution in [2.75, 3.05) is 33.2 Å². The van der Waals surface area contributed by atoms with Crippen molar-refractivity contribution in [3.05, 3.63) is 23.5 Å². The lowest BCUT2D eigenvalue weighted by atomic mass is 10.1. The van der Waals surface area contributed by atoms with E-state index in [2.05, 4.69) is 11.8 Å². The number of aromatic nitrogens is 1. The largest absolute Gasteiger partial charge is 0.354 e. The molecule has 1 atom stereocenters. The Morgan fingerprint density at radius 3 is 2.60 bits per heavy atom. The van der Waals surface area contributed by atoms with Crippen LogP contribution in [0.2, 0.25) is 0 Å². The normalized spacial score (nSPS) is 17.4. The van der Waals surface area contributed by atoms with Gasteiger partial charge in [0, 0.05) is 39.1 Å². The molecule has 0 saturated carbocycles. The average molecular weight is 277 g/mol. The number of carbonyl (C=O) groups is 1. The van der Waals surface area contributed by atoms with Gasteiger partial charge in [0.2, 0.25) is 0 Å². The summed E-state index contributed by atoms with van der Waals surface area (Å²) in [5.41, 5.74) is 1.86. The second-order valence-corrected chi connectivity index (χ2v) is 6.22. The van der Waals surface area contributed by atoms with E-state index in [-0.39, 0.29) is 5.91 Å². The topological polar surface area (TPSA) is 28.5 Å². The highest BCUT2D eigenvalue weighted by Crippen LogP contribution is 2.14. The van der Waals surface area contributed by atoms with Crippen LogP contribution in [-0.4, -0.2) is 53.5 Å². The standard InChI is InChI=1S/C16H27N3O/c1-13(12-19-8-5-6-9-19)11-18(4)16(20)15-7-10-17(3)14(15)2/h7,10,13H,5-6,8-9,11-12H2,1-4H3. The van der Waals surface area contributed by atoms with Gasteiger partial charge in [-0.05, 0) is 44.8 Å². The number of nitrogens with zero attached hydrogens (tertiary/aromatic N) is 3. The fraction of sp³-hybridized carbons (Fsp3) is 0.688. The maximum absolute atomic E-state index is 12.5. The summed E-state index contributed by atoms with van der Waals surface area (Å²) in [6, 6.07) is 1.92. The Morgan fingerprint density at radius 2 is 2.05 bits per heavy atom. The lowest BCUT2D eigenvalue weighted by Crippen LogP contribution is -2.36. The van der Waals surface area contributed by atoms with E-state index in [1.165, 1.54) is 25.9 Å². The summed E-state index contributed by atoms with van der Waals surface area (Å²) in [5, 5.41) is 0. The first kappa shape index (κ1) is 15.1. The molecule has 4 nitrogen and oxygen atoms in total. The molecule has 0 spiro atoms. The molecule has 4 heteroatoms. The highest BCUT2D eigenvalue weighted by molar-refractivity contribution is 5.95. The molecule has 1 saturated heterocycles. The molecule has 0 bridgehead atoms. The van der Waals surface area contributed by atoms with Crippen LogP contribution in [0.15, 0.2) is 12.3 Å². The second kappa shape index (κ2) is 6.44. The van der Waals surface area contributed by atoms with Gasteiger partial charge in [-0.3, -0.25) is 4.79 Å². The van der Waals surface area contributed by atoms with Crippen LogP contribution < -0.4 is 0 Å². The van der Waals surface area contributed by atoms with Crippen molar-refractivity contribution in [1.29, 1.82) is 0 Å². The Balaban J connectivity index is 1.88. The minimum Gasteiger partial charge on any atom is -0.354 e. The minimum absolute atomic E-state index is 0.136. The predicted octanol–water partition coefficient (Wildman–Crippen LogP) is 2.14. The minimum atomic E-state index is 0.136. The molecular weight excluding hydrogens is 250 g/mol. The van der Waals surface area contributed by atoms with Gasteiger partial charge in [0.05, 0.1) is 5.56 Å². The van der Waals surface area contributed by atoms with Crippen molar-refractivity contribution in [3.8, 4) is 0 Å². The fourth-order valence-corrected chi connectivity index (χ4v) is 3.05. The van der Waals surface area contributed by atoms with Crippen molar-refractivity contribution < 1.29 is 4.79 Å². The molecular formula is C16H27N3O. The zero-order chi connectivity index (χ0) is 14.7. The smallest absolute Gasteiger partial charge is 0.255 e. The van der Waals surface area contributed by atoms with E-state index < -0.39 is 0 Å². The molecule has 2 heterocycles. The Bertz CT molecular complexity index is 460. The maximum atomic E-state index is 12.5. The molecule has 1 aromatic rings. The summed E-state index contributed by atoms with van der Waals surface area (Å²) in [6.45, 7) is 8.60. The molecule has 0 aliphatic carbocycles. The Morgan fingerprint density at radius 1 is 1.40 bits per heavy atom. The Hall–Kier alpha value is -1.29. The van der Waals surface area contributed by atoms with E-state index in [4.69, 9.17) is 0 Å².